The number of benzene rings is 1. The van der Waals surface area contributed by atoms with Crippen molar-refractivity contribution >= 4 is 54.9 Å². The van der Waals surface area contributed by atoms with Crippen LogP contribution in [-0.2, 0) is 37.5 Å². The number of amides is 2. The van der Waals surface area contributed by atoms with Crippen molar-refractivity contribution in [1.29, 1.82) is 5.41 Å². The van der Waals surface area contributed by atoms with Crippen LogP contribution in [0.25, 0.3) is 0 Å². The monoisotopic (exact) mass is 682 g/mol. The van der Waals surface area contributed by atoms with E-state index in [-0.39, 0.29) is 31.3 Å². The second-order valence-electron chi connectivity index (χ2n) is 10.9. The molecule has 0 bridgehead atoms. The topological polar surface area (TPSA) is 167 Å². The Bertz CT molecular complexity index is 1350. The largest absolute Gasteiger partial charge is 0.383 e. The number of halogens is 1. The van der Waals surface area contributed by atoms with E-state index in [1.807, 2.05) is 24.3 Å². The lowest BCUT2D eigenvalue weighted by Crippen LogP contribution is -2.53. The van der Waals surface area contributed by atoms with Crippen LogP contribution in [0, 0.1) is 11.3 Å². The van der Waals surface area contributed by atoms with Crippen LogP contribution in [0.15, 0.2) is 40.9 Å². The summed E-state index contributed by atoms with van der Waals surface area (Å²) in [7, 11) is -3.67. The third kappa shape index (κ3) is 9.58. The van der Waals surface area contributed by atoms with Gasteiger partial charge in [0.15, 0.2) is 0 Å². The maximum Gasteiger partial charge on any atom is 0.243 e. The number of carbonyl (C=O) groups is 2. The van der Waals surface area contributed by atoms with E-state index in [0.29, 0.717) is 30.2 Å². The molecule has 0 aliphatic carbocycles. The van der Waals surface area contributed by atoms with E-state index < -0.39 is 34.1 Å². The van der Waals surface area contributed by atoms with Crippen LogP contribution in [0.3, 0.4) is 0 Å². The number of rotatable bonds is 13. The van der Waals surface area contributed by atoms with Gasteiger partial charge in [-0.15, -0.1) is 11.3 Å². The summed E-state index contributed by atoms with van der Waals surface area (Å²) in [6, 6.07) is 9.47. The minimum absolute atomic E-state index is 0.0372. The molecule has 0 saturated carbocycles. The van der Waals surface area contributed by atoms with Crippen LogP contribution < -0.4 is 21.1 Å². The fourth-order valence-electron chi connectivity index (χ4n) is 5.38. The van der Waals surface area contributed by atoms with Gasteiger partial charge in [-0.3, -0.25) is 15.0 Å². The molecule has 2 aliphatic heterocycles. The molecule has 0 spiro atoms. The van der Waals surface area contributed by atoms with Gasteiger partial charge in [-0.1, -0.05) is 28.1 Å². The predicted octanol–water partition coefficient (Wildman–Crippen LogP) is 2.29. The van der Waals surface area contributed by atoms with Gasteiger partial charge in [0.25, 0.3) is 0 Å². The molecular weight excluding hydrogens is 644 g/mol. The number of hydrogen-bond acceptors (Lipinski definition) is 8. The van der Waals surface area contributed by atoms with E-state index in [4.69, 9.17) is 15.9 Å². The fourth-order valence-corrected chi connectivity index (χ4v) is 7.19. The molecule has 42 heavy (non-hydrogen) atoms. The minimum Gasteiger partial charge on any atom is -0.383 e. The lowest BCUT2D eigenvalue weighted by atomic mass is 9.91. The fraction of sp³-hybridized carbons (Fsp3) is 0.536. The average Bonchev–Trinajstić information content (AvgIpc) is 3.61. The first-order valence-electron chi connectivity index (χ1n) is 14.0. The van der Waals surface area contributed by atoms with Crippen LogP contribution in [-0.4, -0.2) is 75.0 Å². The molecule has 0 radical (unpaired) electrons. The van der Waals surface area contributed by atoms with Crippen molar-refractivity contribution in [3.8, 4) is 0 Å². The molecule has 2 saturated heterocycles. The quantitative estimate of drug-likeness (QED) is 0.160. The van der Waals surface area contributed by atoms with Crippen molar-refractivity contribution in [3.05, 3.63) is 56.2 Å². The summed E-state index contributed by atoms with van der Waals surface area (Å²) in [5, 5.41) is 13.8. The maximum absolute atomic E-state index is 13.9. The van der Waals surface area contributed by atoms with Crippen LogP contribution >= 0.6 is 27.3 Å². The Labute approximate surface area is 259 Å². The SMILES string of the molecule is CS(=O)(=O)N[C@H](CCC1CCNCC1)C(=O)N1C[C@H](OCc2ccc(Br)cc2)C[C@@H]1C(=O)NCc1ccc(C(=N)N)s1. The summed E-state index contributed by atoms with van der Waals surface area (Å²) in [5.41, 5.74) is 6.53. The van der Waals surface area contributed by atoms with Gasteiger partial charge >= 0.3 is 0 Å². The van der Waals surface area contributed by atoms with Gasteiger partial charge in [-0.2, -0.15) is 0 Å². The van der Waals surface area contributed by atoms with Crippen molar-refractivity contribution in [1.82, 2.24) is 20.3 Å². The van der Waals surface area contributed by atoms with E-state index in [9.17, 15) is 18.0 Å². The number of nitrogens with zero attached hydrogens (tertiary/aromatic N) is 1. The van der Waals surface area contributed by atoms with E-state index in [0.717, 1.165) is 47.1 Å². The first kappa shape index (κ1) is 32.6. The third-order valence-corrected chi connectivity index (χ3v) is 9.95. The number of nitrogens with one attached hydrogen (secondary N) is 4. The van der Waals surface area contributed by atoms with Crippen LogP contribution in [0.2, 0.25) is 0 Å². The number of nitrogens with two attached hydrogens (primary N) is 1. The van der Waals surface area contributed by atoms with Gasteiger partial charge in [0.2, 0.25) is 21.8 Å². The number of nitrogen functional groups attached to an aromatic ring is 1. The van der Waals surface area contributed by atoms with Gasteiger partial charge < -0.3 is 26.0 Å². The number of carbonyl (C=O) groups excluding carboxylic acids is 2. The molecule has 11 nitrogen and oxygen atoms in total. The summed E-state index contributed by atoms with van der Waals surface area (Å²) >= 11 is 4.74. The Morgan fingerprint density at radius 1 is 1.21 bits per heavy atom. The molecular formula is C28H39BrN6O5S2. The third-order valence-electron chi connectivity index (χ3n) is 7.59. The highest BCUT2D eigenvalue weighted by Gasteiger charge is 2.42. The normalized spacial score (nSPS) is 20.4. The molecule has 3 heterocycles. The zero-order chi connectivity index (χ0) is 30.3. The van der Waals surface area contributed by atoms with Crippen LogP contribution in [0.4, 0.5) is 0 Å². The molecule has 4 rings (SSSR count). The van der Waals surface area contributed by atoms with Gasteiger partial charge in [0.1, 0.15) is 17.9 Å². The molecule has 0 unspecified atom stereocenters. The molecule has 2 aromatic rings. The Kier molecular flexibility index (Phi) is 11.5. The van der Waals surface area contributed by atoms with Crippen LogP contribution in [0.1, 0.15) is 47.4 Å². The molecule has 230 valence electrons. The highest BCUT2D eigenvalue weighted by Crippen LogP contribution is 2.26. The van der Waals surface area contributed by atoms with Gasteiger partial charge in [0.05, 0.1) is 30.4 Å². The molecule has 2 aliphatic rings. The van der Waals surface area contributed by atoms with E-state index in [1.165, 1.54) is 16.2 Å². The highest BCUT2D eigenvalue weighted by atomic mass is 79.9. The molecule has 6 N–H and O–H groups in total. The van der Waals surface area contributed by atoms with Crippen molar-refractivity contribution in [2.75, 3.05) is 25.9 Å². The minimum atomic E-state index is -3.67. The summed E-state index contributed by atoms with van der Waals surface area (Å²) in [6.07, 6.45) is 3.97. The molecule has 14 heteroatoms. The number of likely N-dealkylation sites (tertiary alicyclic amines) is 1. The van der Waals surface area contributed by atoms with Crippen LogP contribution in [0.5, 0.6) is 0 Å². The highest BCUT2D eigenvalue weighted by molar-refractivity contribution is 9.10. The Morgan fingerprint density at radius 3 is 2.57 bits per heavy atom. The standard InChI is InChI=1S/C28H39BrN6O5S2/c1-42(38,39)34-23(8-4-18-10-12-32-13-11-18)28(37)35-16-21(40-17-19-2-5-20(29)6-3-19)14-24(35)27(36)33-15-22-7-9-25(41-22)26(30)31/h2-3,5-7,9,18,21,23-24,32,34H,4,8,10-17H2,1H3,(H3,30,31)(H,33,36)/t21-,23-,24-/m1/s1. The first-order valence-corrected chi connectivity index (χ1v) is 17.5. The average molecular weight is 684 g/mol. The van der Waals surface area contributed by atoms with E-state index in [1.54, 1.807) is 12.1 Å². The molecule has 3 atom stereocenters. The Hall–Kier alpha value is -2.36. The number of ether oxygens (including phenoxy) is 1. The van der Waals surface area contributed by atoms with Crippen molar-refractivity contribution in [2.45, 2.75) is 63.4 Å². The lowest BCUT2D eigenvalue weighted by Gasteiger charge is -2.29. The lowest BCUT2D eigenvalue weighted by molar-refractivity contribution is -0.140. The second-order valence-corrected chi connectivity index (χ2v) is 14.8. The van der Waals surface area contributed by atoms with Gasteiger partial charge in [-0.05, 0) is 74.5 Å². The van der Waals surface area contributed by atoms with E-state index >= 15 is 0 Å². The molecule has 2 fully saturated rings. The molecule has 2 amide bonds. The van der Waals surface area contributed by atoms with Crippen molar-refractivity contribution in [3.63, 3.8) is 0 Å². The number of amidine groups is 1. The Morgan fingerprint density at radius 2 is 1.93 bits per heavy atom. The van der Waals surface area contributed by atoms with Crippen molar-refractivity contribution < 1.29 is 22.7 Å². The van der Waals surface area contributed by atoms with E-state index in [2.05, 4.69) is 31.3 Å². The summed E-state index contributed by atoms with van der Waals surface area (Å²) in [5.74, 6) is -0.385. The number of thiophene rings is 1. The first-order chi connectivity index (χ1) is 20.0. The molecule has 1 aromatic carbocycles. The Balaban J connectivity index is 1.48. The molecule has 1 aromatic heterocycles. The van der Waals surface area contributed by atoms with Crippen molar-refractivity contribution in [2.24, 2.45) is 11.7 Å². The van der Waals surface area contributed by atoms with Gasteiger partial charge in [-0.25, -0.2) is 13.1 Å². The predicted molar refractivity (Wildman–Crippen MR) is 167 cm³/mol. The number of sulfonamides is 1. The smallest absolute Gasteiger partial charge is 0.243 e. The zero-order valence-electron chi connectivity index (χ0n) is 23.6. The second kappa shape index (κ2) is 14.9. The van der Waals surface area contributed by atoms with Gasteiger partial charge in [0, 0.05) is 22.3 Å². The number of hydrogen-bond donors (Lipinski definition) is 5. The summed E-state index contributed by atoms with van der Waals surface area (Å²) < 4.78 is 34.2. The zero-order valence-corrected chi connectivity index (χ0v) is 26.8. The summed E-state index contributed by atoms with van der Waals surface area (Å²) in [6.45, 7) is 2.54. The summed E-state index contributed by atoms with van der Waals surface area (Å²) in [4.78, 5) is 30.3. The number of piperidine rings is 1. The maximum atomic E-state index is 13.9.